The Hall–Kier alpha value is -2.49. The first-order valence-corrected chi connectivity index (χ1v) is 8.07. The summed E-state index contributed by atoms with van der Waals surface area (Å²) in [5, 5.41) is 13.5. The summed E-state index contributed by atoms with van der Waals surface area (Å²) < 4.78 is 10.2. The number of carboxylic acids is 1. The zero-order valence-corrected chi connectivity index (χ0v) is 16.1. The van der Waals surface area contributed by atoms with Crippen molar-refractivity contribution >= 4 is 18.2 Å². The summed E-state index contributed by atoms with van der Waals surface area (Å²) >= 11 is 0. The van der Waals surface area contributed by atoms with Gasteiger partial charge in [-0.3, -0.25) is 15.4 Å². The van der Waals surface area contributed by atoms with Gasteiger partial charge in [0.25, 0.3) is 0 Å². The van der Waals surface area contributed by atoms with E-state index in [-0.39, 0.29) is 24.4 Å². The topological polar surface area (TPSA) is 166 Å². The highest BCUT2D eigenvalue weighted by Gasteiger charge is 2.22. The first-order chi connectivity index (χ1) is 11.6. The molecular formula is C16H30N4O6. The molecule has 150 valence electrons. The van der Waals surface area contributed by atoms with Gasteiger partial charge < -0.3 is 26.0 Å². The van der Waals surface area contributed by atoms with E-state index in [1.165, 1.54) is 0 Å². The summed E-state index contributed by atoms with van der Waals surface area (Å²) in [6.45, 7) is 10.0. The Labute approximate surface area is 153 Å². The second-order valence-corrected chi connectivity index (χ2v) is 7.64. The van der Waals surface area contributed by atoms with E-state index in [4.69, 9.17) is 26.0 Å². The SMILES string of the molecule is CC(C)(C)OC(=O)NC(NC(=O)OC(C)(C)C)=C(N)CC[C@H](N)C(=O)O. The maximum absolute atomic E-state index is 12.0. The van der Waals surface area contributed by atoms with Crippen molar-refractivity contribution in [3.8, 4) is 0 Å². The van der Waals surface area contributed by atoms with E-state index in [9.17, 15) is 14.4 Å². The van der Waals surface area contributed by atoms with E-state index in [0.717, 1.165) is 0 Å². The molecule has 0 aliphatic rings. The molecule has 0 radical (unpaired) electrons. The second-order valence-electron chi connectivity index (χ2n) is 7.64. The number of carboxylic acid groups (broad SMARTS) is 1. The van der Waals surface area contributed by atoms with E-state index in [1.54, 1.807) is 41.5 Å². The minimum Gasteiger partial charge on any atom is -0.480 e. The van der Waals surface area contributed by atoms with Crippen molar-refractivity contribution in [3.63, 3.8) is 0 Å². The lowest BCUT2D eigenvalue weighted by atomic mass is 10.1. The summed E-state index contributed by atoms with van der Waals surface area (Å²) in [6, 6.07) is -1.13. The highest BCUT2D eigenvalue weighted by atomic mass is 16.6. The number of nitrogens with one attached hydrogen (secondary N) is 2. The van der Waals surface area contributed by atoms with Crippen molar-refractivity contribution in [3.05, 3.63) is 11.5 Å². The lowest BCUT2D eigenvalue weighted by Gasteiger charge is -2.23. The Morgan fingerprint density at radius 3 is 1.65 bits per heavy atom. The van der Waals surface area contributed by atoms with Crippen LogP contribution >= 0.6 is 0 Å². The van der Waals surface area contributed by atoms with Crippen molar-refractivity contribution in [1.82, 2.24) is 10.6 Å². The van der Waals surface area contributed by atoms with Gasteiger partial charge in [0, 0.05) is 5.70 Å². The molecule has 0 spiro atoms. The minimum atomic E-state index is -1.18. The molecule has 0 aromatic rings. The first kappa shape index (κ1) is 23.5. The fourth-order valence-electron chi connectivity index (χ4n) is 1.56. The van der Waals surface area contributed by atoms with Gasteiger partial charge in [0.05, 0.1) is 0 Å². The van der Waals surface area contributed by atoms with E-state index < -0.39 is 35.4 Å². The molecule has 0 heterocycles. The summed E-state index contributed by atoms with van der Waals surface area (Å²) in [6.07, 6.45) is -1.64. The van der Waals surface area contributed by atoms with Crippen LogP contribution in [-0.4, -0.2) is 40.5 Å². The standard InChI is InChI=1S/C16H30N4O6/c1-15(2,3)25-13(23)19-11(20-14(24)26-16(4,5)6)9(17)7-8-10(18)12(21)22/h10H,7-8,17-18H2,1-6H3,(H,19,23)(H,20,24)(H,21,22)/t10-/m0/s1. The van der Waals surface area contributed by atoms with Crippen LogP contribution < -0.4 is 22.1 Å². The normalized spacial score (nSPS) is 12.6. The lowest BCUT2D eigenvalue weighted by Crippen LogP contribution is -2.42. The zero-order valence-electron chi connectivity index (χ0n) is 16.1. The number of aliphatic carboxylic acids is 1. The maximum Gasteiger partial charge on any atom is 0.413 e. The average molecular weight is 374 g/mol. The molecule has 0 bridgehead atoms. The summed E-state index contributed by atoms with van der Waals surface area (Å²) in [4.78, 5) is 34.7. The molecule has 0 aromatic carbocycles. The van der Waals surface area contributed by atoms with Crippen LogP contribution in [0.2, 0.25) is 0 Å². The molecule has 0 unspecified atom stereocenters. The average Bonchev–Trinajstić information content (AvgIpc) is 2.39. The monoisotopic (exact) mass is 374 g/mol. The van der Waals surface area contributed by atoms with Crippen LogP contribution in [0.3, 0.4) is 0 Å². The number of ether oxygens (including phenoxy) is 2. The third kappa shape index (κ3) is 11.1. The van der Waals surface area contributed by atoms with Gasteiger partial charge in [-0.1, -0.05) is 0 Å². The number of hydrogen-bond acceptors (Lipinski definition) is 7. The quantitative estimate of drug-likeness (QED) is 0.464. The number of alkyl carbamates (subject to hydrolysis) is 2. The van der Waals surface area contributed by atoms with Crippen LogP contribution in [0.15, 0.2) is 11.5 Å². The predicted molar refractivity (Wildman–Crippen MR) is 94.8 cm³/mol. The largest absolute Gasteiger partial charge is 0.480 e. The van der Waals surface area contributed by atoms with Crippen molar-refractivity contribution in [2.45, 2.75) is 71.6 Å². The van der Waals surface area contributed by atoms with Crippen molar-refractivity contribution in [2.24, 2.45) is 11.5 Å². The molecule has 10 heteroatoms. The van der Waals surface area contributed by atoms with Crippen molar-refractivity contribution in [2.75, 3.05) is 0 Å². The number of nitrogens with two attached hydrogens (primary N) is 2. The van der Waals surface area contributed by atoms with Gasteiger partial charge in [-0.15, -0.1) is 0 Å². The Kier molecular flexibility index (Phi) is 8.39. The fourth-order valence-corrected chi connectivity index (χ4v) is 1.56. The van der Waals surface area contributed by atoms with Crippen molar-refractivity contribution in [1.29, 1.82) is 0 Å². The smallest absolute Gasteiger partial charge is 0.413 e. The number of allylic oxidation sites excluding steroid dienone is 1. The minimum absolute atomic E-state index is 0.0106. The Morgan fingerprint density at radius 1 is 0.962 bits per heavy atom. The van der Waals surface area contributed by atoms with Gasteiger partial charge >= 0.3 is 18.2 Å². The molecule has 0 fully saturated rings. The van der Waals surface area contributed by atoms with Crippen LogP contribution in [0.25, 0.3) is 0 Å². The first-order valence-electron chi connectivity index (χ1n) is 8.07. The van der Waals surface area contributed by atoms with E-state index >= 15 is 0 Å². The van der Waals surface area contributed by atoms with Gasteiger partial charge in [0.15, 0.2) is 0 Å². The Balaban J connectivity index is 5.24. The summed E-state index contributed by atoms with van der Waals surface area (Å²) in [7, 11) is 0. The third-order valence-corrected chi connectivity index (χ3v) is 2.61. The molecule has 0 aromatic heterocycles. The third-order valence-electron chi connectivity index (χ3n) is 2.61. The number of hydrogen-bond donors (Lipinski definition) is 5. The molecular weight excluding hydrogens is 344 g/mol. The molecule has 0 saturated carbocycles. The molecule has 0 aliphatic heterocycles. The van der Waals surface area contributed by atoms with Crippen LogP contribution in [0.5, 0.6) is 0 Å². The molecule has 1 atom stereocenters. The molecule has 7 N–H and O–H groups in total. The van der Waals surface area contributed by atoms with Crippen molar-refractivity contribution < 1.29 is 29.0 Å². The van der Waals surface area contributed by atoms with E-state index in [0.29, 0.717) is 0 Å². The number of rotatable bonds is 6. The Morgan fingerprint density at radius 2 is 1.35 bits per heavy atom. The highest BCUT2D eigenvalue weighted by Crippen LogP contribution is 2.11. The van der Waals surface area contributed by atoms with Crippen LogP contribution in [0.4, 0.5) is 9.59 Å². The summed E-state index contributed by atoms with van der Waals surface area (Å²) in [5.74, 6) is -1.33. The van der Waals surface area contributed by atoms with Gasteiger partial charge in [-0.05, 0) is 54.4 Å². The fraction of sp³-hybridized carbons (Fsp3) is 0.688. The summed E-state index contributed by atoms with van der Waals surface area (Å²) in [5.41, 5.74) is 9.81. The number of carbonyl (C=O) groups excluding carboxylic acids is 2. The molecule has 0 aliphatic carbocycles. The molecule has 10 nitrogen and oxygen atoms in total. The van der Waals surface area contributed by atoms with Crippen LogP contribution in [-0.2, 0) is 14.3 Å². The number of carbonyl (C=O) groups is 3. The second kappa shape index (κ2) is 9.27. The van der Waals surface area contributed by atoms with E-state index in [2.05, 4.69) is 10.6 Å². The van der Waals surface area contributed by atoms with Gasteiger partial charge in [-0.25, -0.2) is 9.59 Å². The van der Waals surface area contributed by atoms with Gasteiger partial charge in [0.2, 0.25) is 0 Å². The van der Waals surface area contributed by atoms with E-state index in [1.807, 2.05) is 0 Å². The molecule has 26 heavy (non-hydrogen) atoms. The Bertz CT molecular complexity index is 528. The van der Waals surface area contributed by atoms with Gasteiger partial charge in [0.1, 0.15) is 23.1 Å². The molecule has 2 amide bonds. The predicted octanol–water partition coefficient (Wildman–Crippen LogP) is 1.36. The zero-order chi connectivity index (χ0) is 20.7. The van der Waals surface area contributed by atoms with Gasteiger partial charge in [-0.2, -0.15) is 0 Å². The van der Waals surface area contributed by atoms with Crippen LogP contribution in [0.1, 0.15) is 54.4 Å². The molecule has 0 rings (SSSR count). The maximum atomic E-state index is 12.0. The van der Waals surface area contributed by atoms with Crippen LogP contribution in [0, 0.1) is 0 Å². The lowest BCUT2D eigenvalue weighted by molar-refractivity contribution is -0.138. The molecule has 0 saturated heterocycles. The highest BCUT2D eigenvalue weighted by molar-refractivity contribution is 5.75. The number of amides is 2.